The number of amides is 1. The summed E-state index contributed by atoms with van der Waals surface area (Å²) in [6.45, 7) is 1.37. The lowest BCUT2D eigenvalue weighted by atomic mass is 10.00. The van der Waals surface area contributed by atoms with Gasteiger partial charge < -0.3 is 23.7 Å². The van der Waals surface area contributed by atoms with Gasteiger partial charge in [-0.25, -0.2) is 4.79 Å². The molecule has 3 heterocycles. The Kier molecular flexibility index (Phi) is 5.07. The summed E-state index contributed by atoms with van der Waals surface area (Å²) >= 11 is 0. The van der Waals surface area contributed by atoms with E-state index >= 15 is 0 Å². The summed E-state index contributed by atoms with van der Waals surface area (Å²) in [6.07, 6.45) is 1.68. The number of methoxy groups -OCH3 is 1. The summed E-state index contributed by atoms with van der Waals surface area (Å²) in [7, 11) is 1.48. The van der Waals surface area contributed by atoms with Crippen LogP contribution in [0.2, 0.25) is 0 Å². The molecule has 0 unspecified atom stereocenters. The Bertz CT molecular complexity index is 1050. The number of aromatic nitrogens is 2. The van der Waals surface area contributed by atoms with Crippen molar-refractivity contribution in [3.8, 4) is 5.75 Å². The van der Waals surface area contributed by atoms with Crippen LogP contribution in [0.25, 0.3) is 11.0 Å². The van der Waals surface area contributed by atoms with Crippen LogP contribution in [-0.4, -0.2) is 36.4 Å². The lowest BCUT2D eigenvalue weighted by Crippen LogP contribution is -2.28. The molecule has 146 valence electrons. The van der Waals surface area contributed by atoms with E-state index in [9.17, 15) is 9.59 Å². The molecular weight excluding hydrogens is 366 g/mol. The number of rotatable bonds is 5. The van der Waals surface area contributed by atoms with Gasteiger partial charge in [-0.2, -0.15) is 4.98 Å². The molecule has 2 aromatic heterocycles. The van der Waals surface area contributed by atoms with Crippen molar-refractivity contribution in [2.45, 2.75) is 25.3 Å². The zero-order valence-corrected chi connectivity index (χ0v) is 15.3. The molecule has 28 heavy (non-hydrogen) atoms. The molecule has 1 aliphatic rings. The number of fused-ring (bicyclic) bond motifs is 1. The standard InChI is InChI=1S/C19H19N3O6/c1-25-14-4-2-3-12-9-13(19(24)27-16(12)14)18(23)20-10-15-21-17(22-28-15)11-5-7-26-8-6-11/h2-4,9,11H,5-8,10H2,1H3,(H,20,23). The minimum absolute atomic E-state index is 0.0185. The molecule has 0 spiro atoms. The molecule has 0 aliphatic carbocycles. The second kappa shape index (κ2) is 7.81. The van der Waals surface area contributed by atoms with E-state index in [4.69, 9.17) is 18.4 Å². The third kappa shape index (κ3) is 3.61. The fourth-order valence-electron chi connectivity index (χ4n) is 3.15. The smallest absolute Gasteiger partial charge is 0.349 e. The van der Waals surface area contributed by atoms with Crippen LogP contribution in [0.5, 0.6) is 5.75 Å². The van der Waals surface area contributed by atoms with Gasteiger partial charge in [0.05, 0.1) is 13.7 Å². The number of ether oxygens (including phenoxy) is 2. The predicted molar refractivity (Wildman–Crippen MR) is 97.3 cm³/mol. The van der Waals surface area contributed by atoms with Crippen molar-refractivity contribution in [1.82, 2.24) is 15.5 Å². The second-order valence-corrected chi connectivity index (χ2v) is 6.44. The van der Waals surface area contributed by atoms with Crippen molar-refractivity contribution in [2.75, 3.05) is 20.3 Å². The minimum atomic E-state index is -0.747. The fraction of sp³-hybridized carbons (Fsp3) is 0.368. The summed E-state index contributed by atoms with van der Waals surface area (Å²) in [6, 6.07) is 6.63. The highest BCUT2D eigenvalue weighted by atomic mass is 16.5. The highest BCUT2D eigenvalue weighted by molar-refractivity contribution is 5.97. The molecule has 4 rings (SSSR count). The van der Waals surface area contributed by atoms with Crippen LogP contribution in [-0.2, 0) is 11.3 Å². The highest BCUT2D eigenvalue weighted by Gasteiger charge is 2.22. The number of carbonyl (C=O) groups is 1. The Balaban J connectivity index is 1.47. The first-order chi connectivity index (χ1) is 13.7. The molecule has 1 fully saturated rings. The molecule has 1 saturated heterocycles. The minimum Gasteiger partial charge on any atom is -0.493 e. The largest absolute Gasteiger partial charge is 0.493 e. The van der Waals surface area contributed by atoms with Gasteiger partial charge in [0.15, 0.2) is 17.2 Å². The summed E-state index contributed by atoms with van der Waals surface area (Å²) in [5.74, 6) is 0.938. The summed E-state index contributed by atoms with van der Waals surface area (Å²) in [5, 5.41) is 7.18. The summed E-state index contributed by atoms with van der Waals surface area (Å²) < 4.78 is 21.0. The lowest BCUT2D eigenvalue weighted by molar-refractivity contribution is 0.0830. The van der Waals surface area contributed by atoms with E-state index in [1.165, 1.54) is 13.2 Å². The third-order valence-corrected chi connectivity index (χ3v) is 4.66. The molecule has 9 nitrogen and oxygen atoms in total. The van der Waals surface area contributed by atoms with Gasteiger partial charge >= 0.3 is 5.63 Å². The Morgan fingerprint density at radius 2 is 2.14 bits per heavy atom. The molecule has 9 heteroatoms. The maximum Gasteiger partial charge on any atom is 0.349 e. The molecule has 1 aromatic carbocycles. The van der Waals surface area contributed by atoms with Crippen molar-refractivity contribution >= 4 is 16.9 Å². The average molecular weight is 385 g/mol. The molecular formula is C19H19N3O6. The van der Waals surface area contributed by atoms with E-state index in [2.05, 4.69) is 15.5 Å². The number of carbonyl (C=O) groups excluding carboxylic acids is 1. The molecule has 0 bridgehead atoms. The highest BCUT2D eigenvalue weighted by Crippen LogP contribution is 2.25. The number of para-hydroxylation sites is 1. The van der Waals surface area contributed by atoms with Crippen LogP contribution in [0, 0.1) is 0 Å². The maximum atomic E-state index is 12.4. The summed E-state index contributed by atoms with van der Waals surface area (Å²) in [4.78, 5) is 29.0. The Hall–Kier alpha value is -3.20. The van der Waals surface area contributed by atoms with Crippen LogP contribution in [0.15, 0.2) is 38.0 Å². The molecule has 1 aliphatic heterocycles. The molecule has 1 N–H and O–H groups in total. The zero-order valence-electron chi connectivity index (χ0n) is 15.3. The second-order valence-electron chi connectivity index (χ2n) is 6.44. The number of hydrogen-bond acceptors (Lipinski definition) is 8. The number of benzene rings is 1. The monoisotopic (exact) mass is 385 g/mol. The van der Waals surface area contributed by atoms with Crippen LogP contribution in [0.4, 0.5) is 0 Å². The molecule has 1 amide bonds. The van der Waals surface area contributed by atoms with Gasteiger partial charge in [-0.3, -0.25) is 4.79 Å². The van der Waals surface area contributed by atoms with Crippen molar-refractivity contribution < 1.29 is 23.2 Å². The van der Waals surface area contributed by atoms with Gasteiger partial charge in [-0.15, -0.1) is 0 Å². The topological polar surface area (TPSA) is 117 Å². The van der Waals surface area contributed by atoms with Gasteiger partial charge in [0, 0.05) is 24.5 Å². The van der Waals surface area contributed by atoms with Gasteiger partial charge in [-0.1, -0.05) is 17.3 Å². The van der Waals surface area contributed by atoms with E-state index in [1.54, 1.807) is 18.2 Å². The van der Waals surface area contributed by atoms with Crippen LogP contribution < -0.4 is 15.7 Å². The Labute approximate surface area is 159 Å². The van der Waals surface area contributed by atoms with Crippen LogP contribution in [0.3, 0.4) is 0 Å². The number of hydrogen-bond donors (Lipinski definition) is 1. The van der Waals surface area contributed by atoms with Crippen molar-refractivity contribution in [3.05, 3.63) is 52.0 Å². The molecule has 0 radical (unpaired) electrons. The van der Waals surface area contributed by atoms with Crippen molar-refractivity contribution in [3.63, 3.8) is 0 Å². The average Bonchev–Trinajstić information content (AvgIpc) is 3.21. The Morgan fingerprint density at radius 1 is 1.32 bits per heavy atom. The van der Waals surface area contributed by atoms with Gasteiger partial charge in [0.1, 0.15) is 5.56 Å². The number of nitrogens with zero attached hydrogens (tertiary/aromatic N) is 2. The fourth-order valence-corrected chi connectivity index (χ4v) is 3.15. The van der Waals surface area contributed by atoms with Crippen molar-refractivity contribution in [1.29, 1.82) is 0 Å². The molecule has 0 atom stereocenters. The van der Waals surface area contributed by atoms with Crippen molar-refractivity contribution in [2.24, 2.45) is 0 Å². The predicted octanol–water partition coefficient (Wildman–Crippen LogP) is 2.01. The first-order valence-corrected chi connectivity index (χ1v) is 8.95. The van der Waals surface area contributed by atoms with Gasteiger partial charge in [0.2, 0.25) is 5.89 Å². The SMILES string of the molecule is COc1cccc2cc(C(=O)NCc3nc(C4CCOCC4)no3)c(=O)oc12. The van der Waals surface area contributed by atoms with E-state index in [1.807, 2.05) is 0 Å². The van der Waals surface area contributed by atoms with E-state index in [0.29, 0.717) is 35.8 Å². The van der Waals surface area contributed by atoms with Crippen LogP contribution in [0.1, 0.15) is 40.8 Å². The van der Waals surface area contributed by atoms with E-state index in [-0.39, 0.29) is 23.9 Å². The number of nitrogens with one attached hydrogen (secondary N) is 1. The van der Waals surface area contributed by atoms with Crippen LogP contribution >= 0.6 is 0 Å². The molecule has 3 aromatic rings. The third-order valence-electron chi connectivity index (χ3n) is 4.66. The van der Waals surface area contributed by atoms with Gasteiger partial charge in [0.25, 0.3) is 5.91 Å². The maximum absolute atomic E-state index is 12.4. The van der Waals surface area contributed by atoms with Gasteiger partial charge in [-0.05, 0) is 25.0 Å². The first-order valence-electron chi connectivity index (χ1n) is 8.95. The lowest BCUT2D eigenvalue weighted by Gasteiger charge is -2.18. The first kappa shape index (κ1) is 18.2. The normalized spacial score (nSPS) is 14.9. The Morgan fingerprint density at radius 3 is 2.93 bits per heavy atom. The molecule has 0 saturated carbocycles. The van der Waals surface area contributed by atoms with E-state index in [0.717, 1.165) is 12.8 Å². The van der Waals surface area contributed by atoms with E-state index < -0.39 is 11.5 Å². The zero-order chi connectivity index (χ0) is 19.5. The quantitative estimate of drug-likeness (QED) is 0.663. The summed E-state index contributed by atoms with van der Waals surface area (Å²) in [5.41, 5.74) is -0.558.